The van der Waals surface area contributed by atoms with Crippen molar-refractivity contribution in [3.8, 4) is 0 Å². The Morgan fingerprint density at radius 1 is 1.50 bits per heavy atom. The molecule has 0 unspecified atom stereocenters. The van der Waals surface area contributed by atoms with Gasteiger partial charge < -0.3 is 10.1 Å². The fourth-order valence-corrected chi connectivity index (χ4v) is 1.84. The van der Waals surface area contributed by atoms with E-state index in [0.29, 0.717) is 0 Å². The normalized spacial score (nSPS) is 10.7. The summed E-state index contributed by atoms with van der Waals surface area (Å²) in [6, 6.07) is 5.48. The fraction of sp³-hybridized carbons (Fsp3) is 0.100. The lowest BCUT2D eigenvalue weighted by molar-refractivity contribution is 0.0691. The van der Waals surface area contributed by atoms with Crippen LogP contribution in [-0.4, -0.2) is 16.1 Å². The molecule has 0 saturated carbocycles. The van der Waals surface area contributed by atoms with Crippen molar-refractivity contribution in [2.24, 2.45) is 0 Å². The molecular formula is C10H8BrNO2. The topological polar surface area (TPSA) is 53.1 Å². The van der Waals surface area contributed by atoms with E-state index in [1.54, 1.807) is 6.07 Å². The van der Waals surface area contributed by atoms with Gasteiger partial charge in [0.05, 0.1) is 5.52 Å². The summed E-state index contributed by atoms with van der Waals surface area (Å²) in [5.74, 6) is -0.939. The quantitative estimate of drug-likeness (QED) is 0.821. The van der Waals surface area contributed by atoms with Gasteiger partial charge in [-0.1, -0.05) is 12.1 Å². The molecule has 0 aliphatic rings. The van der Waals surface area contributed by atoms with Crippen LogP contribution >= 0.6 is 15.9 Å². The fourth-order valence-electron chi connectivity index (χ4n) is 1.38. The van der Waals surface area contributed by atoms with Crippen LogP contribution in [0.1, 0.15) is 16.1 Å². The van der Waals surface area contributed by atoms with E-state index in [0.717, 1.165) is 20.9 Å². The van der Waals surface area contributed by atoms with Crippen molar-refractivity contribution in [3.63, 3.8) is 0 Å². The molecule has 1 aromatic heterocycles. The Hall–Kier alpha value is -1.29. The molecule has 0 radical (unpaired) electrons. The molecule has 0 bridgehead atoms. The molecule has 0 aliphatic carbocycles. The van der Waals surface area contributed by atoms with E-state index in [1.807, 2.05) is 19.1 Å². The Morgan fingerprint density at radius 3 is 2.86 bits per heavy atom. The number of hydrogen-bond donors (Lipinski definition) is 2. The molecule has 0 fully saturated rings. The highest BCUT2D eigenvalue weighted by Gasteiger charge is 2.09. The van der Waals surface area contributed by atoms with Crippen LogP contribution in [0.15, 0.2) is 22.7 Å². The van der Waals surface area contributed by atoms with Gasteiger partial charge in [0, 0.05) is 9.86 Å². The monoisotopic (exact) mass is 253 g/mol. The average molecular weight is 254 g/mol. The number of fused-ring (bicyclic) bond motifs is 1. The van der Waals surface area contributed by atoms with E-state index < -0.39 is 5.97 Å². The van der Waals surface area contributed by atoms with Crippen LogP contribution < -0.4 is 0 Å². The molecule has 72 valence electrons. The number of H-pyrrole nitrogens is 1. The molecule has 0 spiro atoms. The van der Waals surface area contributed by atoms with Gasteiger partial charge in [-0.25, -0.2) is 4.79 Å². The van der Waals surface area contributed by atoms with Crippen molar-refractivity contribution in [2.45, 2.75) is 6.92 Å². The number of aromatic carboxylic acids is 1. The Kier molecular flexibility index (Phi) is 2.07. The maximum Gasteiger partial charge on any atom is 0.352 e. The highest BCUT2D eigenvalue weighted by atomic mass is 79.9. The lowest BCUT2D eigenvalue weighted by Gasteiger charge is -1.97. The summed E-state index contributed by atoms with van der Waals surface area (Å²) in [5.41, 5.74) is 2.13. The number of aromatic amines is 1. The number of hydrogen-bond acceptors (Lipinski definition) is 1. The van der Waals surface area contributed by atoms with Crippen molar-refractivity contribution < 1.29 is 9.90 Å². The van der Waals surface area contributed by atoms with E-state index in [-0.39, 0.29) is 5.69 Å². The highest BCUT2D eigenvalue weighted by molar-refractivity contribution is 9.10. The van der Waals surface area contributed by atoms with Gasteiger partial charge in [0.1, 0.15) is 5.69 Å². The second-order valence-electron chi connectivity index (χ2n) is 3.15. The first-order valence-electron chi connectivity index (χ1n) is 4.10. The van der Waals surface area contributed by atoms with Gasteiger partial charge in [-0.2, -0.15) is 0 Å². The molecule has 2 N–H and O–H groups in total. The van der Waals surface area contributed by atoms with Gasteiger partial charge in [0.2, 0.25) is 0 Å². The van der Waals surface area contributed by atoms with Crippen molar-refractivity contribution in [1.29, 1.82) is 0 Å². The predicted molar refractivity (Wildman–Crippen MR) is 57.7 cm³/mol. The largest absolute Gasteiger partial charge is 0.477 e. The second kappa shape index (κ2) is 3.13. The third-order valence-corrected chi connectivity index (χ3v) is 3.18. The maximum atomic E-state index is 10.7. The van der Waals surface area contributed by atoms with Crippen molar-refractivity contribution in [2.75, 3.05) is 0 Å². The molecule has 1 heterocycles. The minimum Gasteiger partial charge on any atom is -0.477 e. The van der Waals surface area contributed by atoms with Crippen LogP contribution in [0.2, 0.25) is 0 Å². The Morgan fingerprint density at radius 2 is 2.21 bits per heavy atom. The zero-order valence-corrected chi connectivity index (χ0v) is 9.05. The maximum absolute atomic E-state index is 10.7. The minimum atomic E-state index is -0.939. The predicted octanol–water partition coefficient (Wildman–Crippen LogP) is 2.94. The lowest BCUT2D eigenvalue weighted by atomic mass is 10.2. The second-order valence-corrected chi connectivity index (χ2v) is 3.94. The molecule has 2 aromatic rings. The molecular weight excluding hydrogens is 246 g/mol. The van der Waals surface area contributed by atoms with Crippen LogP contribution in [0, 0.1) is 6.92 Å². The molecule has 0 amide bonds. The zero-order valence-electron chi connectivity index (χ0n) is 7.47. The summed E-state index contributed by atoms with van der Waals surface area (Å²) in [4.78, 5) is 13.6. The Labute approximate surface area is 88.9 Å². The number of nitrogens with one attached hydrogen (secondary N) is 1. The first kappa shape index (κ1) is 9.27. The number of aromatic nitrogens is 1. The Balaban J connectivity index is 2.77. The first-order chi connectivity index (χ1) is 6.59. The SMILES string of the molecule is Cc1ccc2cc(C(=O)O)[nH]c2c1Br. The number of carboxylic acids is 1. The number of aryl methyl sites for hydroxylation is 1. The first-order valence-corrected chi connectivity index (χ1v) is 4.90. The van der Waals surface area contributed by atoms with Crippen LogP contribution in [0.4, 0.5) is 0 Å². The molecule has 0 saturated heterocycles. The van der Waals surface area contributed by atoms with E-state index in [9.17, 15) is 4.79 Å². The number of carbonyl (C=O) groups is 1. The van der Waals surface area contributed by atoms with E-state index >= 15 is 0 Å². The summed E-state index contributed by atoms with van der Waals surface area (Å²) in [5, 5.41) is 9.70. The summed E-state index contributed by atoms with van der Waals surface area (Å²) >= 11 is 3.42. The standard InChI is InChI=1S/C10H8BrNO2/c1-5-2-3-6-4-7(10(13)14)12-9(6)8(5)11/h2-4,12H,1H3,(H,13,14). The number of benzene rings is 1. The summed E-state index contributed by atoms with van der Waals surface area (Å²) in [6.45, 7) is 1.96. The average Bonchev–Trinajstić information content (AvgIpc) is 2.56. The van der Waals surface area contributed by atoms with Gasteiger partial charge in [-0.15, -0.1) is 0 Å². The van der Waals surface area contributed by atoms with Gasteiger partial charge in [-0.05, 0) is 34.5 Å². The summed E-state index contributed by atoms with van der Waals surface area (Å²) < 4.78 is 0.919. The summed E-state index contributed by atoms with van der Waals surface area (Å²) in [7, 11) is 0. The van der Waals surface area contributed by atoms with Gasteiger partial charge in [-0.3, -0.25) is 0 Å². The third-order valence-electron chi connectivity index (χ3n) is 2.16. The van der Waals surface area contributed by atoms with Crippen molar-refractivity contribution in [3.05, 3.63) is 33.9 Å². The smallest absolute Gasteiger partial charge is 0.352 e. The molecule has 2 rings (SSSR count). The Bertz CT molecular complexity index is 516. The van der Waals surface area contributed by atoms with Gasteiger partial charge >= 0.3 is 5.97 Å². The zero-order chi connectivity index (χ0) is 10.3. The van der Waals surface area contributed by atoms with E-state index in [2.05, 4.69) is 20.9 Å². The third kappa shape index (κ3) is 1.32. The van der Waals surface area contributed by atoms with Crippen LogP contribution in [0.25, 0.3) is 10.9 Å². The van der Waals surface area contributed by atoms with Gasteiger partial charge in [0.15, 0.2) is 0 Å². The molecule has 3 nitrogen and oxygen atoms in total. The van der Waals surface area contributed by atoms with Crippen LogP contribution in [0.3, 0.4) is 0 Å². The van der Waals surface area contributed by atoms with Gasteiger partial charge in [0.25, 0.3) is 0 Å². The highest BCUT2D eigenvalue weighted by Crippen LogP contribution is 2.27. The molecule has 0 atom stereocenters. The molecule has 0 aliphatic heterocycles. The molecule has 1 aromatic carbocycles. The van der Waals surface area contributed by atoms with E-state index in [1.165, 1.54) is 0 Å². The van der Waals surface area contributed by atoms with Crippen molar-refractivity contribution in [1.82, 2.24) is 4.98 Å². The number of halogens is 1. The lowest BCUT2D eigenvalue weighted by Crippen LogP contribution is -1.94. The minimum absolute atomic E-state index is 0.214. The molecule has 14 heavy (non-hydrogen) atoms. The molecule has 4 heteroatoms. The van der Waals surface area contributed by atoms with Crippen LogP contribution in [0.5, 0.6) is 0 Å². The number of rotatable bonds is 1. The van der Waals surface area contributed by atoms with Crippen LogP contribution in [-0.2, 0) is 0 Å². The number of carboxylic acid groups (broad SMARTS) is 1. The summed E-state index contributed by atoms with van der Waals surface area (Å²) in [6.07, 6.45) is 0. The van der Waals surface area contributed by atoms with Crippen molar-refractivity contribution >= 4 is 32.8 Å². The van der Waals surface area contributed by atoms with E-state index in [4.69, 9.17) is 5.11 Å².